The summed E-state index contributed by atoms with van der Waals surface area (Å²) in [7, 11) is 1.79. The molecule has 1 rings (SSSR count). The van der Waals surface area contributed by atoms with Crippen molar-refractivity contribution in [1.29, 1.82) is 0 Å². The summed E-state index contributed by atoms with van der Waals surface area (Å²) < 4.78 is 5.18. The summed E-state index contributed by atoms with van der Waals surface area (Å²) in [6, 6.07) is 0.752. The van der Waals surface area contributed by atoms with Gasteiger partial charge in [-0.15, -0.1) is 0 Å². The van der Waals surface area contributed by atoms with Gasteiger partial charge in [-0.1, -0.05) is 33.6 Å². The Bertz CT molecular complexity index is 203. The molecule has 1 saturated carbocycles. The highest BCUT2D eigenvalue weighted by molar-refractivity contribution is 4.78. The smallest absolute Gasteiger partial charge is 0.0467 e. The fraction of sp³-hybridized carbons (Fsp3) is 1.00. The zero-order valence-corrected chi connectivity index (χ0v) is 12.2. The van der Waals surface area contributed by atoms with Gasteiger partial charge in [0.25, 0.3) is 0 Å². The standard InChI is InChI=1S/C15H31NO/c1-13-6-5-7-14(9-8-13)16-12-15(2,3)10-11-17-4/h13-14,16H,5-12H2,1-4H3. The van der Waals surface area contributed by atoms with Crippen LogP contribution in [0.15, 0.2) is 0 Å². The van der Waals surface area contributed by atoms with Gasteiger partial charge in [-0.25, -0.2) is 0 Å². The molecule has 2 heteroatoms. The van der Waals surface area contributed by atoms with Crippen LogP contribution in [0.25, 0.3) is 0 Å². The van der Waals surface area contributed by atoms with Gasteiger partial charge in [0.15, 0.2) is 0 Å². The molecule has 2 nitrogen and oxygen atoms in total. The molecule has 102 valence electrons. The van der Waals surface area contributed by atoms with Gasteiger partial charge in [-0.05, 0) is 37.0 Å². The number of methoxy groups -OCH3 is 1. The van der Waals surface area contributed by atoms with Gasteiger partial charge in [-0.2, -0.15) is 0 Å². The van der Waals surface area contributed by atoms with Crippen molar-refractivity contribution in [3.05, 3.63) is 0 Å². The first-order chi connectivity index (χ1) is 8.03. The molecule has 2 unspecified atom stereocenters. The SMILES string of the molecule is COCCC(C)(C)CNC1CCCC(C)CC1. The highest BCUT2D eigenvalue weighted by atomic mass is 16.5. The second-order valence-corrected chi connectivity index (χ2v) is 6.60. The summed E-state index contributed by atoms with van der Waals surface area (Å²) in [6.07, 6.45) is 8.09. The lowest BCUT2D eigenvalue weighted by atomic mass is 9.89. The van der Waals surface area contributed by atoms with Crippen molar-refractivity contribution < 1.29 is 4.74 Å². The Balaban J connectivity index is 2.24. The minimum absolute atomic E-state index is 0.355. The molecule has 2 atom stereocenters. The fourth-order valence-corrected chi connectivity index (χ4v) is 2.58. The molecule has 1 aliphatic rings. The molecule has 0 saturated heterocycles. The maximum Gasteiger partial charge on any atom is 0.0467 e. The van der Waals surface area contributed by atoms with Crippen LogP contribution in [0.3, 0.4) is 0 Å². The van der Waals surface area contributed by atoms with E-state index in [9.17, 15) is 0 Å². The van der Waals surface area contributed by atoms with Crippen LogP contribution in [-0.4, -0.2) is 26.3 Å². The van der Waals surface area contributed by atoms with Gasteiger partial charge >= 0.3 is 0 Å². The van der Waals surface area contributed by atoms with Gasteiger partial charge in [0.05, 0.1) is 0 Å². The summed E-state index contributed by atoms with van der Waals surface area (Å²) in [5.74, 6) is 0.934. The summed E-state index contributed by atoms with van der Waals surface area (Å²) in [5.41, 5.74) is 0.355. The third-order valence-electron chi connectivity index (χ3n) is 4.11. The van der Waals surface area contributed by atoms with E-state index in [0.717, 1.165) is 31.5 Å². The van der Waals surface area contributed by atoms with Crippen molar-refractivity contribution in [3.8, 4) is 0 Å². The van der Waals surface area contributed by atoms with E-state index < -0.39 is 0 Å². The average molecular weight is 241 g/mol. The number of hydrogen-bond donors (Lipinski definition) is 1. The minimum atomic E-state index is 0.355. The Labute approximate surface area is 108 Å². The molecule has 1 N–H and O–H groups in total. The van der Waals surface area contributed by atoms with E-state index in [1.54, 1.807) is 7.11 Å². The van der Waals surface area contributed by atoms with Gasteiger partial charge in [-0.3, -0.25) is 0 Å². The van der Waals surface area contributed by atoms with Crippen LogP contribution >= 0.6 is 0 Å². The van der Waals surface area contributed by atoms with Crippen molar-refractivity contribution >= 4 is 0 Å². The number of nitrogens with one attached hydrogen (secondary N) is 1. The quantitative estimate of drug-likeness (QED) is 0.717. The van der Waals surface area contributed by atoms with Gasteiger partial charge in [0.2, 0.25) is 0 Å². The van der Waals surface area contributed by atoms with Crippen molar-refractivity contribution in [2.45, 2.75) is 65.3 Å². The summed E-state index contributed by atoms with van der Waals surface area (Å²) in [5, 5.41) is 3.78. The second kappa shape index (κ2) is 7.38. The first-order valence-electron chi connectivity index (χ1n) is 7.26. The molecule has 0 aliphatic heterocycles. The summed E-state index contributed by atoms with van der Waals surface area (Å²) >= 11 is 0. The highest BCUT2D eigenvalue weighted by Crippen LogP contribution is 2.24. The highest BCUT2D eigenvalue weighted by Gasteiger charge is 2.21. The van der Waals surface area contributed by atoms with E-state index >= 15 is 0 Å². The average Bonchev–Trinajstić information content (AvgIpc) is 2.49. The van der Waals surface area contributed by atoms with Crippen LogP contribution in [0.4, 0.5) is 0 Å². The molecular weight excluding hydrogens is 210 g/mol. The molecule has 0 aromatic rings. The van der Waals surface area contributed by atoms with Crippen LogP contribution in [0, 0.1) is 11.3 Å². The largest absolute Gasteiger partial charge is 0.385 e. The monoisotopic (exact) mass is 241 g/mol. The van der Waals surface area contributed by atoms with E-state index in [2.05, 4.69) is 26.1 Å². The van der Waals surface area contributed by atoms with Gasteiger partial charge < -0.3 is 10.1 Å². The lowest BCUT2D eigenvalue weighted by Gasteiger charge is -2.28. The van der Waals surface area contributed by atoms with E-state index in [4.69, 9.17) is 4.74 Å². The van der Waals surface area contributed by atoms with E-state index in [1.807, 2.05) is 0 Å². The maximum atomic E-state index is 5.18. The Morgan fingerprint density at radius 1 is 1.18 bits per heavy atom. The van der Waals surface area contributed by atoms with Crippen LogP contribution in [0.2, 0.25) is 0 Å². The predicted molar refractivity (Wildman–Crippen MR) is 74.3 cm³/mol. The zero-order chi connectivity index (χ0) is 12.7. The van der Waals surface area contributed by atoms with Crippen LogP contribution < -0.4 is 5.32 Å². The summed E-state index contributed by atoms with van der Waals surface area (Å²) in [6.45, 7) is 9.05. The van der Waals surface area contributed by atoms with Crippen LogP contribution in [0.5, 0.6) is 0 Å². The first kappa shape index (κ1) is 15.0. The van der Waals surface area contributed by atoms with Crippen LogP contribution in [-0.2, 0) is 4.74 Å². The first-order valence-corrected chi connectivity index (χ1v) is 7.26. The molecule has 0 bridgehead atoms. The molecule has 1 fully saturated rings. The molecule has 0 heterocycles. The van der Waals surface area contributed by atoms with Crippen molar-refractivity contribution in [2.24, 2.45) is 11.3 Å². The Morgan fingerprint density at radius 2 is 1.94 bits per heavy atom. The normalized spacial score (nSPS) is 26.8. The topological polar surface area (TPSA) is 21.3 Å². The molecule has 0 radical (unpaired) electrons. The number of rotatable bonds is 6. The van der Waals surface area contributed by atoms with Gasteiger partial charge in [0, 0.05) is 26.3 Å². The molecular formula is C15H31NO. The zero-order valence-electron chi connectivity index (χ0n) is 12.2. The van der Waals surface area contributed by atoms with Crippen molar-refractivity contribution in [1.82, 2.24) is 5.32 Å². The molecule has 0 spiro atoms. The lowest BCUT2D eigenvalue weighted by molar-refractivity contribution is 0.148. The Hall–Kier alpha value is -0.0800. The second-order valence-electron chi connectivity index (χ2n) is 6.60. The Morgan fingerprint density at radius 3 is 2.65 bits per heavy atom. The third-order valence-corrected chi connectivity index (χ3v) is 4.11. The van der Waals surface area contributed by atoms with Crippen molar-refractivity contribution in [3.63, 3.8) is 0 Å². The van der Waals surface area contributed by atoms with E-state index in [1.165, 1.54) is 32.1 Å². The van der Waals surface area contributed by atoms with Crippen molar-refractivity contribution in [2.75, 3.05) is 20.3 Å². The number of hydrogen-bond acceptors (Lipinski definition) is 2. The van der Waals surface area contributed by atoms with Crippen LogP contribution in [0.1, 0.15) is 59.3 Å². The lowest BCUT2D eigenvalue weighted by Crippen LogP contribution is -2.37. The van der Waals surface area contributed by atoms with E-state index in [0.29, 0.717) is 5.41 Å². The fourth-order valence-electron chi connectivity index (χ4n) is 2.58. The number of ether oxygens (including phenoxy) is 1. The molecule has 0 amide bonds. The molecule has 17 heavy (non-hydrogen) atoms. The Kier molecular flexibility index (Phi) is 6.50. The molecule has 1 aliphatic carbocycles. The predicted octanol–water partition coefficient (Wildman–Crippen LogP) is 3.61. The van der Waals surface area contributed by atoms with E-state index in [-0.39, 0.29) is 0 Å². The molecule has 0 aromatic heterocycles. The molecule has 0 aromatic carbocycles. The summed E-state index contributed by atoms with van der Waals surface area (Å²) in [4.78, 5) is 0. The maximum absolute atomic E-state index is 5.18. The minimum Gasteiger partial charge on any atom is -0.385 e. The van der Waals surface area contributed by atoms with Gasteiger partial charge in [0.1, 0.15) is 0 Å². The third kappa shape index (κ3) is 6.42.